The second-order valence-electron chi connectivity index (χ2n) is 5.56. The second kappa shape index (κ2) is 7.05. The molecule has 3 heterocycles. The number of aromatic amines is 1. The average Bonchev–Trinajstić information content (AvgIpc) is 3.06. The van der Waals surface area contributed by atoms with Gasteiger partial charge in [-0.05, 0) is 0 Å². The monoisotopic (exact) mass is 427 g/mol. The minimum Gasteiger partial charge on any atom is -0.369 e. The molecule has 1 fully saturated rings. The number of aromatic nitrogens is 4. The maximum Gasteiger partial charge on any atom is 0.469 e. The number of hydrogen-bond donors (Lipinski definition) is 6. The molecule has 150 valence electrons. The highest BCUT2D eigenvalue weighted by molar-refractivity contribution is 7.46. The molecule has 2 aromatic heterocycles. The molecule has 0 bridgehead atoms. The number of nitrogens with one attached hydrogen (secondary N) is 1. The molecule has 0 saturated carbocycles. The summed E-state index contributed by atoms with van der Waals surface area (Å²) in [5, 5.41) is 0. The summed E-state index contributed by atoms with van der Waals surface area (Å²) >= 11 is 0. The number of fused-ring (bicyclic) bond motifs is 1. The zero-order valence-electron chi connectivity index (χ0n) is 13.3. The lowest BCUT2D eigenvalue weighted by Crippen LogP contribution is -2.28. The van der Waals surface area contributed by atoms with Crippen LogP contribution in [0, 0.1) is 0 Å². The molecule has 1 saturated heterocycles. The van der Waals surface area contributed by atoms with Crippen molar-refractivity contribution in [1.82, 2.24) is 19.5 Å². The van der Waals surface area contributed by atoms with Crippen LogP contribution in [0.25, 0.3) is 11.2 Å². The van der Waals surface area contributed by atoms with Gasteiger partial charge < -0.3 is 30.0 Å². The molecule has 27 heavy (non-hydrogen) atoms. The lowest BCUT2D eigenvalue weighted by molar-refractivity contribution is -0.0417. The summed E-state index contributed by atoms with van der Waals surface area (Å²) in [6.45, 7) is -0.700. The van der Waals surface area contributed by atoms with E-state index in [1.54, 1.807) is 0 Å². The summed E-state index contributed by atoms with van der Waals surface area (Å²) < 4.78 is 37.8. The number of imidazole rings is 1. The van der Waals surface area contributed by atoms with Crippen LogP contribution in [-0.2, 0) is 22.9 Å². The fourth-order valence-electron chi connectivity index (χ4n) is 2.63. The molecule has 1 aliphatic rings. The van der Waals surface area contributed by atoms with Gasteiger partial charge in [0.15, 0.2) is 11.2 Å². The predicted octanol–water partition coefficient (Wildman–Crippen LogP) is -1.42. The lowest BCUT2D eigenvalue weighted by atomic mass is 10.2. The van der Waals surface area contributed by atoms with Gasteiger partial charge >= 0.3 is 15.6 Å². The average molecular weight is 427 g/mol. The van der Waals surface area contributed by atoms with Gasteiger partial charge in [0.1, 0.15) is 18.4 Å². The van der Waals surface area contributed by atoms with Crippen molar-refractivity contribution in [2.75, 3.05) is 12.3 Å². The van der Waals surface area contributed by atoms with Gasteiger partial charge in [-0.1, -0.05) is 0 Å². The van der Waals surface area contributed by atoms with E-state index in [4.69, 9.17) is 30.0 Å². The summed E-state index contributed by atoms with van der Waals surface area (Å²) in [6.07, 6.45) is -2.41. The van der Waals surface area contributed by atoms with Crippen LogP contribution in [0.1, 0.15) is 12.6 Å². The topological polar surface area (TPSA) is 232 Å². The van der Waals surface area contributed by atoms with Crippen molar-refractivity contribution in [3.63, 3.8) is 0 Å². The first-order chi connectivity index (χ1) is 12.4. The van der Waals surface area contributed by atoms with Crippen LogP contribution in [0.3, 0.4) is 0 Å². The Kier molecular flexibility index (Phi) is 5.24. The van der Waals surface area contributed by atoms with Crippen LogP contribution < -0.4 is 11.3 Å². The van der Waals surface area contributed by atoms with E-state index in [2.05, 4.69) is 24.0 Å². The van der Waals surface area contributed by atoms with Crippen LogP contribution in [-0.4, -0.2) is 57.9 Å². The van der Waals surface area contributed by atoms with E-state index in [0.717, 1.165) is 0 Å². The van der Waals surface area contributed by atoms with Crippen LogP contribution in [0.4, 0.5) is 5.95 Å². The maximum atomic E-state index is 11.8. The highest BCUT2D eigenvalue weighted by atomic mass is 31.2. The van der Waals surface area contributed by atoms with Crippen LogP contribution in [0.15, 0.2) is 11.1 Å². The molecule has 0 spiro atoms. The van der Waals surface area contributed by atoms with Gasteiger partial charge in [0.2, 0.25) is 5.95 Å². The SMILES string of the molecule is Nc1nc2c(ncn2[C@H]2C[C@@H](OP(=O)(O)O)C(COP(=O)(O)O)O2)c(=O)[nH]1. The zero-order chi connectivity index (χ0) is 20.0. The number of anilines is 1. The highest BCUT2D eigenvalue weighted by Gasteiger charge is 2.42. The van der Waals surface area contributed by atoms with Crippen molar-refractivity contribution in [3.05, 3.63) is 16.7 Å². The van der Waals surface area contributed by atoms with Gasteiger partial charge in [-0.25, -0.2) is 14.1 Å². The van der Waals surface area contributed by atoms with Gasteiger partial charge in [-0.3, -0.25) is 23.4 Å². The van der Waals surface area contributed by atoms with E-state index < -0.39 is 46.2 Å². The van der Waals surface area contributed by atoms with Crippen molar-refractivity contribution in [2.45, 2.75) is 24.9 Å². The molecule has 15 nitrogen and oxygen atoms in total. The predicted molar refractivity (Wildman–Crippen MR) is 86.0 cm³/mol. The number of nitrogens with zero attached hydrogens (tertiary/aromatic N) is 3. The first kappa shape index (κ1) is 20.1. The summed E-state index contributed by atoms with van der Waals surface area (Å²) in [7, 11) is -9.78. The number of hydrogen-bond acceptors (Lipinski definition) is 9. The molecule has 3 rings (SSSR count). The number of ether oxygens (including phenoxy) is 1. The normalized spacial score (nSPS) is 23.9. The minimum atomic E-state index is -4.93. The molecule has 0 amide bonds. The van der Waals surface area contributed by atoms with Crippen LogP contribution in [0.2, 0.25) is 0 Å². The van der Waals surface area contributed by atoms with Crippen molar-refractivity contribution in [2.24, 2.45) is 0 Å². The largest absolute Gasteiger partial charge is 0.469 e. The fourth-order valence-corrected chi connectivity index (χ4v) is 3.55. The summed E-state index contributed by atoms with van der Waals surface area (Å²) in [5.41, 5.74) is 4.91. The Bertz CT molecular complexity index is 994. The third kappa shape index (κ3) is 4.79. The molecule has 1 aliphatic heterocycles. The Labute approximate surface area is 149 Å². The third-order valence-electron chi connectivity index (χ3n) is 3.62. The molecule has 0 aromatic carbocycles. The Morgan fingerprint density at radius 3 is 2.67 bits per heavy atom. The molecule has 0 radical (unpaired) electrons. The Hall–Kier alpha value is -1.67. The van der Waals surface area contributed by atoms with Gasteiger partial charge in [-0.2, -0.15) is 4.98 Å². The van der Waals surface area contributed by atoms with Gasteiger partial charge in [0.05, 0.1) is 12.9 Å². The maximum absolute atomic E-state index is 11.8. The molecule has 17 heteroatoms. The third-order valence-corrected chi connectivity index (χ3v) is 4.65. The molecular weight excluding hydrogens is 412 g/mol. The number of nitrogen functional groups attached to an aromatic ring is 1. The van der Waals surface area contributed by atoms with Gasteiger partial charge in [-0.15, -0.1) is 0 Å². The first-order valence-electron chi connectivity index (χ1n) is 7.25. The highest BCUT2D eigenvalue weighted by Crippen LogP contribution is 2.45. The number of phosphoric ester groups is 2. The number of rotatable bonds is 6. The molecule has 2 aromatic rings. The smallest absolute Gasteiger partial charge is 0.369 e. The molecule has 7 N–H and O–H groups in total. The Morgan fingerprint density at radius 1 is 1.33 bits per heavy atom. The van der Waals surface area contributed by atoms with Crippen LogP contribution >= 0.6 is 15.6 Å². The van der Waals surface area contributed by atoms with Gasteiger partial charge in [0, 0.05) is 6.42 Å². The molecule has 3 atom stereocenters. The Balaban J connectivity index is 1.90. The van der Waals surface area contributed by atoms with E-state index in [1.165, 1.54) is 10.9 Å². The lowest BCUT2D eigenvalue weighted by Gasteiger charge is -2.19. The fraction of sp³-hybridized carbons (Fsp3) is 0.500. The quantitative estimate of drug-likeness (QED) is 0.291. The van der Waals surface area contributed by atoms with E-state index >= 15 is 0 Å². The standard InChI is InChI=1S/C10H15N5O10P2/c11-10-13-8-7(9(16)14-10)12-3-15(8)6-1-4(25-27(20,21)22)5(24-6)2-23-26(17,18)19/h3-6H,1-2H2,(H2,17,18,19)(H2,20,21,22)(H3,11,13,14,16)/t4-,5?,6-/m1/s1. The summed E-state index contributed by atoms with van der Waals surface area (Å²) in [4.78, 5) is 57.6. The minimum absolute atomic E-state index is 0.0461. The molecule has 1 unspecified atom stereocenters. The van der Waals surface area contributed by atoms with Crippen molar-refractivity contribution in [3.8, 4) is 0 Å². The second-order valence-corrected chi connectivity index (χ2v) is 7.99. The first-order valence-corrected chi connectivity index (χ1v) is 10.3. The van der Waals surface area contributed by atoms with Gasteiger partial charge in [0.25, 0.3) is 5.56 Å². The molecular formula is C10H15N5O10P2. The van der Waals surface area contributed by atoms with E-state index in [0.29, 0.717) is 0 Å². The summed E-state index contributed by atoms with van der Waals surface area (Å²) in [5.74, 6) is -0.184. The van der Waals surface area contributed by atoms with E-state index in [-0.39, 0.29) is 23.5 Å². The van der Waals surface area contributed by atoms with Crippen molar-refractivity contribution in [1.29, 1.82) is 0 Å². The zero-order valence-corrected chi connectivity index (χ0v) is 15.1. The summed E-state index contributed by atoms with van der Waals surface area (Å²) in [6, 6.07) is 0. The molecule has 0 aliphatic carbocycles. The van der Waals surface area contributed by atoms with E-state index in [1.807, 2.05) is 0 Å². The number of H-pyrrole nitrogens is 1. The van der Waals surface area contributed by atoms with Crippen molar-refractivity contribution < 1.29 is 42.5 Å². The number of nitrogens with two attached hydrogens (primary N) is 1. The van der Waals surface area contributed by atoms with Crippen molar-refractivity contribution >= 4 is 32.8 Å². The number of phosphoric acid groups is 2. The Morgan fingerprint density at radius 2 is 2.04 bits per heavy atom. The van der Waals surface area contributed by atoms with Crippen LogP contribution in [0.5, 0.6) is 0 Å². The van der Waals surface area contributed by atoms with E-state index in [9.17, 15) is 13.9 Å².